The number of carbonyl (C=O) groups is 1. The van der Waals surface area contributed by atoms with Crippen LogP contribution in [-0.2, 0) is 15.7 Å². The van der Waals surface area contributed by atoms with Crippen LogP contribution in [-0.4, -0.2) is 30.3 Å². The molecule has 0 aliphatic carbocycles. The number of nitrogens with zero attached hydrogens (tertiary/aromatic N) is 1. The number of carboxylic acids is 1. The molecule has 1 N–H and O–H groups in total. The first-order valence-electron chi connectivity index (χ1n) is 5.30. The highest BCUT2D eigenvalue weighted by atomic mass is 32.2. The summed E-state index contributed by atoms with van der Waals surface area (Å²) in [7, 11) is -2.88. The van der Waals surface area contributed by atoms with E-state index in [0.717, 1.165) is 4.31 Å². The second-order valence-corrected chi connectivity index (χ2v) is 4.73. The predicted molar refractivity (Wildman–Crippen MR) is 69.3 cm³/mol. The van der Waals surface area contributed by atoms with Crippen molar-refractivity contribution in [2.24, 2.45) is 5.92 Å². The van der Waals surface area contributed by atoms with Crippen LogP contribution in [0.5, 0.6) is 0 Å². The summed E-state index contributed by atoms with van der Waals surface area (Å²) in [6, 6.07) is 0. The third-order valence-electron chi connectivity index (χ3n) is 2.61. The molecule has 1 saturated heterocycles. The number of carboxylic acid groups (broad SMARTS) is 1. The second-order valence-electron chi connectivity index (χ2n) is 3.77. The normalized spacial score (nSPS) is 24.5. The standard InChI is InChI=1S/C12H15NO4S/c1-3-5-9-7-10(12(14)15)8-13(18(16)17)11(9)6-4-2/h3-6,10,18H,1-2,7-8H2,(H,14,15)/b9-5-,11-6+/t10-/m1/s1. The molecule has 98 valence electrons. The van der Waals surface area contributed by atoms with Gasteiger partial charge in [-0.3, -0.25) is 9.10 Å². The van der Waals surface area contributed by atoms with Gasteiger partial charge in [0.15, 0.2) is 0 Å². The summed E-state index contributed by atoms with van der Waals surface area (Å²) in [5.41, 5.74) is 1.08. The lowest BCUT2D eigenvalue weighted by atomic mass is 9.92. The largest absolute Gasteiger partial charge is 0.481 e. The lowest BCUT2D eigenvalue weighted by Gasteiger charge is -2.32. The number of thiol groups is 1. The summed E-state index contributed by atoms with van der Waals surface area (Å²) in [5, 5.41) is 9.02. The summed E-state index contributed by atoms with van der Waals surface area (Å²) >= 11 is 0. The average molecular weight is 269 g/mol. The molecule has 1 aliphatic rings. The third kappa shape index (κ3) is 3.10. The molecule has 0 aromatic heterocycles. The van der Waals surface area contributed by atoms with Crippen molar-refractivity contribution in [3.8, 4) is 0 Å². The van der Waals surface area contributed by atoms with E-state index >= 15 is 0 Å². The molecule has 18 heavy (non-hydrogen) atoms. The van der Waals surface area contributed by atoms with Crippen LogP contribution in [0.25, 0.3) is 0 Å². The van der Waals surface area contributed by atoms with Gasteiger partial charge in [0.05, 0.1) is 11.6 Å². The minimum atomic E-state index is -2.88. The van der Waals surface area contributed by atoms with Crippen LogP contribution in [0.2, 0.25) is 0 Å². The molecule has 0 aromatic carbocycles. The van der Waals surface area contributed by atoms with E-state index in [2.05, 4.69) is 13.2 Å². The highest BCUT2D eigenvalue weighted by Crippen LogP contribution is 2.30. The minimum absolute atomic E-state index is 0.0534. The molecule has 6 heteroatoms. The summed E-state index contributed by atoms with van der Waals surface area (Å²) < 4.78 is 23.5. The van der Waals surface area contributed by atoms with Crippen LogP contribution >= 0.6 is 0 Å². The molecule has 1 fully saturated rings. The van der Waals surface area contributed by atoms with Crippen molar-refractivity contribution >= 4 is 16.9 Å². The van der Waals surface area contributed by atoms with Crippen LogP contribution in [0.1, 0.15) is 6.42 Å². The van der Waals surface area contributed by atoms with E-state index < -0.39 is 22.8 Å². The number of rotatable bonds is 4. The van der Waals surface area contributed by atoms with E-state index in [1.54, 1.807) is 12.2 Å². The first-order chi connectivity index (χ1) is 8.51. The number of hydrogen-bond donors (Lipinski definition) is 2. The van der Waals surface area contributed by atoms with Crippen LogP contribution in [0.3, 0.4) is 0 Å². The van der Waals surface area contributed by atoms with Gasteiger partial charge in [0.1, 0.15) is 0 Å². The van der Waals surface area contributed by atoms with Gasteiger partial charge in [-0.25, -0.2) is 8.42 Å². The van der Waals surface area contributed by atoms with Gasteiger partial charge in [0.2, 0.25) is 10.9 Å². The van der Waals surface area contributed by atoms with Crippen molar-refractivity contribution in [3.05, 3.63) is 48.7 Å². The van der Waals surface area contributed by atoms with Gasteiger partial charge in [-0.15, -0.1) is 0 Å². The third-order valence-corrected chi connectivity index (χ3v) is 3.38. The van der Waals surface area contributed by atoms with Gasteiger partial charge >= 0.3 is 5.97 Å². The fourth-order valence-corrected chi connectivity index (χ4v) is 2.53. The van der Waals surface area contributed by atoms with E-state index in [-0.39, 0.29) is 13.0 Å². The smallest absolute Gasteiger partial charge is 0.308 e. The van der Waals surface area contributed by atoms with E-state index in [1.807, 2.05) is 0 Å². The molecule has 1 aliphatic heterocycles. The molecule has 0 unspecified atom stereocenters. The van der Waals surface area contributed by atoms with Gasteiger partial charge in [-0.1, -0.05) is 31.4 Å². The van der Waals surface area contributed by atoms with Crippen LogP contribution < -0.4 is 0 Å². The van der Waals surface area contributed by atoms with E-state index in [0.29, 0.717) is 11.3 Å². The van der Waals surface area contributed by atoms with E-state index in [1.165, 1.54) is 12.2 Å². The molecular weight excluding hydrogens is 254 g/mol. The number of hydrogen-bond acceptors (Lipinski definition) is 3. The first-order valence-corrected chi connectivity index (χ1v) is 6.43. The number of aliphatic carboxylic acids is 1. The lowest BCUT2D eigenvalue weighted by molar-refractivity contribution is -0.142. The topological polar surface area (TPSA) is 74.7 Å². The van der Waals surface area contributed by atoms with Gasteiger partial charge in [-0.05, 0) is 18.1 Å². The Labute approximate surface area is 107 Å². The van der Waals surface area contributed by atoms with Crippen LogP contribution in [0, 0.1) is 5.92 Å². The fourth-order valence-electron chi connectivity index (χ4n) is 1.83. The highest BCUT2D eigenvalue weighted by Gasteiger charge is 2.31. The van der Waals surface area contributed by atoms with Gasteiger partial charge in [-0.2, -0.15) is 0 Å². The quantitative estimate of drug-likeness (QED) is 0.749. The maximum absolute atomic E-state index is 11.2. The minimum Gasteiger partial charge on any atom is -0.481 e. The predicted octanol–water partition coefficient (Wildman–Crippen LogP) is 1.10. The van der Waals surface area contributed by atoms with Crippen molar-refractivity contribution in [1.82, 2.24) is 4.31 Å². The fraction of sp³-hybridized carbons (Fsp3) is 0.250. The van der Waals surface area contributed by atoms with Crippen molar-refractivity contribution in [3.63, 3.8) is 0 Å². The maximum Gasteiger partial charge on any atom is 0.308 e. The van der Waals surface area contributed by atoms with E-state index in [4.69, 9.17) is 5.11 Å². The summed E-state index contributed by atoms with van der Waals surface area (Å²) in [6.45, 7) is 7.02. The summed E-state index contributed by atoms with van der Waals surface area (Å²) in [6.07, 6.45) is 6.43. The molecule has 0 bridgehead atoms. The van der Waals surface area contributed by atoms with Crippen molar-refractivity contribution in [2.75, 3.05) is 6.54 Å². The maximum atomic E-state index is 11.2. The molecular formula is C12H15NO4S. The Kier molecular flexibility index (Phi) is 4.91. The first kappa shape index (κ1) is 14.2. The Hall–Kier alpha value is -1.82. The molecule has 0 spiro atoms. The molecule has 0 aromatic rings. The second kappa shape index (κ2) is 6.20. The monoisotopic (exact) mass is 269 g/mol. The van der Waals surface area contributed by atoms with Gasteiger partial charge in [0.25, 0.3) is 0 Å². The Morgan fingerprint density at radius 1 is 1.33 bits per heavy atom. The molecule has 0 amide bonds. The zero-order valence-corrected chi connectivity index (χ0v) is 10.7. The van der Waals surface area contributed by atoms with Crippen LogP contribution in [0.4, 0.5) is 0 Å². The van der Waals surface area contributed by atoms with Gasteiger partial charge in [0, 0.05) is 6.54 Å². The Morgan fingerprint density at radius 3 is 2.39 bits per heavy atom. The highest BCUT2D eigenvalue weighted by molar-refractivity contribution is 7.70. The van der Waals surface area contributed by atoms with E-state index in [9.17, 15) is 13.2 Å². The molecule has 0 saturated carbocycles. The molecule has 1 atom stereocenters. The molecule has 1 heterocycles. The molecule has 1 rings (SSSR count). The van der Waals surface area contributed by atoms with Crippen molar-refractivity contribution < 1.29 is 18.3 Å². The number of allylic oxidation sites excluding steroid dienone is 5. The van der Waals surface area contributed by atoms with Gasteiger partial charge < -0.3 is 5.11 Å². The van der Waals surface area contributed by atoms with Crippen molar-refractivity contribution in [2.45, 2.75) is 6.42 Å². The number of piperidine rings is 1. The van der Waals surface area contributed by atoms with Crippen LogP contribution in [0.15, 0.2) is 48.7 Å². The zero-order valence-electron chi connectivity index (χ0n) is 9.78. The SMILES string of the molecule is C=C/C=C1/C[C@@H](C(=O)O)CN([SH](=O)=O)/C1=C/C=C. The molecule has 5 nitrogen and oxygen atoms in total. The lowest BCUT2D eigenvalue weighted by Crippen LogP contribution is -2.37. The zero-order chi connectivity index (χ0) is 13.7. The summed E-state index contributed by atoms with van der Waals surface area (Å²) in [5.74, 6) is -1.75. The Bertz CT molecular complexity index is 494. The molecule has 0 radical (unpaired) electrons. The Balaban J connectivity index is 3.25. The van der Waals surface area contributed by atoms with Crippen molar-refractivity contribution in [1.29, 1.82) is 0 Å². The Morgan fingerprint density at radius 2 is 1.94 bits per heavy atom. The summed E-state index contributed by atoms with van der Waals surface area (Å²) in [4.78, 5) is 11.0. The average Bonchev–Trinajstić information content (AvgIpc) is 2.30.